The van der Waals surface area contributed by atoms with Gasteiger partial charge in [-0.2, -0.15) is 0 Å². The maximum absolute atomic E-state index is 12.1. The number of esters is 1. The van der Waals surface area contributed by atoms with Crippen LogP contribution >= 0.6 is 8.38 Å². The molecule has 0 radical (unpaired) electrons. The second-order valence-electron chi connectivity index (χ2n) is 8.87. The van der Waals surface area contributed by atoms with Gasteiger partial charge in [0.2, 0.25) is 8.38 Å². The summed E-state index contributed by atoms with van der Waals surface area (Å²) in [6.07, 6.45) is -1.69. The fraction of sp³-hybridized carbons (Fsp3) is 0.367. The van der Waals surface area contributed by atoms with Gasteiger partial charge in [-0.1, -0.05) is 91.0 Å². The molecule has 1 aliphatic heterocycles. The van der Waals surface area contributed by atoms with Gasteiger partial charge in [0.1, 0.15) is 18.3 Å². The van der Waals surface area contributed by atoms with Crippen molar-refractivity contribution in [1.29, 1.82) is 0 Å². The van der Waals surface area contributed by atoms with Crippen LogP contribution in [0.4, 0.5) is 0 Å². The molecular formula is C30H35O7P. The standard InChI is InChI=1S/C30H35O7P/c1-3-35-38-30(36-23(2)31)29(34-21-26-17-11-6-12-18-26)28(33-20-25-15-9-5-10-16-25)27(37-38)22-32-19-24-13-7-4-8-14-24/h4-18,27-30H,3,19-22H2,1-2H3/t27-,28-,29+,30+,38?/m1/s1. The highest BCUT2D eigenvalue weighted by Crippen LogP contribution is 2.53. The average Bonchev–Trinajstić information content (AvgIpc) is 2.94. The minimum absolute atomic E-state index is 0.262. The van der Waals surface area contributed by atoms with Gasteiger partial charge in [-0.3, -0.25) is 4.79 Å². The number of benzene rings is 3. The van der Waals surface area contributed by atoms with Crippen LogP contribution in [-0.2, 0) is 52.6 Å². The third kappa shape index (κ3) is 8.43. The third-order valence-corrected chi connectivity index (χ3v) is 7.73. The first kappa shape index (κ1) is 28.4. The zero-order valence-electron chi connectivity index (χ0n) is 21.8. The molecule has 1 fully saturated rings. The molecule has 1 aliphatic rings. The Labute approximate surface area is 225 Å². The number of rotatable bonds is 13. The van der Waals surface area contributed by atoms with Crippen LogP contribution in [0.5, 0.6) is 0 Å². The first-order valence-electron chi connectivity index (χ1n) is 12.8. The lowest BCUT2D eigenvalue weighted by Crippen LogP contribution is -2.54. The summed E-state index contributed by atoms with van der Waals surface area (Å²) >= 11 is 0. The van der Waals surface area contributed by atoms with Crippen molar-refractivity contribution < 1.29 is 32.8 Å². The lowest BCUT2D eigenvalue weighted by atomic mass is 10.1. The van der Waals surface area contributed by atoms with Crippen molar-refractivity contribution in [3.8, 4) is 0 Å². The first-order chi connectivity index (χ1) is 18.6. The number of carbonyl (C=O) groups is 1. The zero-order chi connectivity index (χ0) is 26.6. The summed E-state index contributed by atoms with van der Waals surface area (Å²) in [6, 6.07) is 29.7. The lowest BCUT2D eigenvalue weighted by molar-refractivity contribution is -0.189. The molecule has 1 unspecified atom stereocenters. The lowest BCUT2D eigenvalue weighted by Gasteiger charge is -2.44. The van der Waals surface area contributed by atoms with E-state index in [1.165, 1.54) is 6.92 Å². The molecule has 1 heterocycles. The molecule has 1 saturated heterocycles. The van der Waals surface area contributed by atoms with E-state index >= 15 is 0 Å². The summed E-state index contributed by atoms with van der Waals surface area (Å²) in [5.74, 6) is -1.18. The maximum Gasteiger partial charge on any atom is 0.303 e. The molecular weight excluding hydrogens is 503 g/mol. The van der Waals surface area contributed by atoms with Gasteiger partial charge >= 0.3 is 5.97 Å². The van der Waals surface area contributed by atoms with Crippen molar-refractivity contribution in [1.82, 2.24) is 0 Å². The van der Waals surface area contributed by atoms with Crippen LogP contribution < -0.4 is 0 Å². The Morgan fingerprint density at radius 2 is 1.26 bits per heavy atom. The molecule has 0 amide bonds. The third-order valence-electron chi connectivity index (χ3n) is 5.93. The van der Waals surface area contributed by atoms with Crippen LogP contribution in [0.3, 0.4) is 0 Å². The molecule has 0 aromatic heterocycles. The van der Waals surface area contributed by atoms with Crippen LogP contribution in [0.15, 0.2) is 91.0 Å². The molecule has 3 aromatic rings. The summed E-state index contributed by atoms with van der Waals surface area (Å²) in [5.41, 5.74) is 3.08. The van der Waals surface area contributed by atoms with Crippen molar-refractivity contribution >= 4 is 14.3 Å². The Morgan fingerprint density at radius 3 is 1.76 bits per heavy atom. The van der Waals surface area contributed by atoms with Gasteiger partial charge in [0.05, 0.1) is 33.0 Å². The molecule has 202 valence electrons. The van der Waals surface area contributed by atoms with Crippen molar-refractivity contribution in [2.45, 2.75) is 57.8 Å². The van der Waals surface area contributed by atoms with Crippen LogP contribution in [0.25, 0.3) is 0 Å². The van der Waals surface area contributed by atoms with Crippen LogP contribution in [0.1, 0.15) is 30.5 Å². The Balaban J connectivity index is 1.58. The van der Waals surface area contributed by atoms with E-state index in [-0.39, 0.29) is 6.61 Å². The van der Waals surface area contributed by atoms with Gasteiger partial charge in [-0.05, 0) is 23.6 Å². The molecule has 0 aliphatic carbocycles. The average molecular weight is 539 g/mol. The Morgan fingerprint density at radius 1 is 0.763 bits per heavy atom. The number of hydrogen-bond acceptors (Lipinski definition) is 7. The maximum atomic E-state index is 12.1. The van der Waals surface area contributed by atoms with Crippen molar-refractivity contribution in [3.63, 3.8) is 0 Å². The monoisotopic (exact) mass is 538 g/mol. The molecule has 0 saturated carbocycles. The van der Waals surface area contributed by atoms with Crippen molar-refractivity contribution in [2.24, 2.45) is 0 Å². The summed E-state index contributed by atoms with van der Waals surface area (Å²) in [7, 11) is -1.62. The Hall–Kier alpha value is -2.64. The van der Waals surface area contributed by atoms with Crippen molar-refractivity contribution in [3.05, 3.63) is 108 Å². The highest BCUT2D eigenvalue weighted by atomic mass is 31.2. The summed E-state index contributed by atoms with van der Waals surface area (Å²) in [6.45, 7) is 5.02. The molecule has 8 heteroatoms. The Kier molecular flexibility index (Phi) is 11.3. The van der Waals surface area contributed by atoms with Crippen LogP contribution in [-0.4, -0.2) is 43.3 Å². The zero-order valence-corrected chi connectivity index (χ0v) is 22.7. The molecule has 0 bridgehead atoms. The second-order valence-corrected chi connectivity index (χ2v) is 10.4. The summed E-state index contributed by atoms with van der Waals surface area (Å²) in [5, 5.41) is 0. The predicted molar refractivity (Wildman–Crippen MR) is 145 cm³/mol. The minimum atomic E-state index is -1.62. The first-order valence-corrected chi connectivity index (χ1v) is 14.1. The predicted octanol–water partition coefficient (Wildman–Crippen LogP) is 6.01. The number of carbonyl (C=O) groups excluding carboxylic acids is 1. The van der Waals surface area contributed by atoms with E-state index in [4.69, 9.17) is 28.0 Å². The smallest absolute Gasteiger partial charge is 0.303 e. The van der Waals surface area contributed by atoms with E-state index in [1.807, 2.05) is 97.9 Å². The quantitative estimate of drug-likeness (QED) is 0.195. The summed E-state index contributed by atoms with van der Waals surface area (Å²) < 4.78 is 37.1. The summed E-state index contributed by atoms with van der Waals surface area (Å²) in [4.78, 5) is 12.1. The molecule has 4 rings (SSSR count). The van der Waals surface area contributed by atoms with Crippen LogP contribution in [0.2, 0.25) is 0 Å². The van der Waals surface area contributed by atoms with Gasteiger partial charge in [0.15, 0.2) is 5.85 Å². The van der Waals surface area contributed by atoms with E-state index in [1.54, 1.807) is 0 Å². The van der Waals surface area contributed by atoms with Gasteiger partial charge in [-0.25, -0.2) is 0 Å². The highest BCUT2D eigenvalue weighted by Gasteiger charge is 2.51. The van der Waals surface area contributed by atoms with Gasteiger partial charge in [-0.15, -0.1) is 0 Å². The SMILES string of the molecule is CCOP1O[C@H](COCc2ccccc2)[C@@H](OCc2ccccc2)[C@H](OCc2ccccc2)[C@H]1OC(C)=O. The van der Waals surface area contributed by atoms with Gasteiger partial charge in [0, 0.05) is 6.92 Å². The topological polar surface area (TPSA) is 72.5 Å². The van der Waals surface area contributed by atoms with E-state index in [2.05, 4.69) is 0 Å². The van der Waals surface area contributed by atoms with E-state index in [0.29, 0.717) is 26.4 Å². The van der Waals surface area contributed by atoms with Crippen molar-refractivity contribution in [2.75, 3.05) is 13.2 Å². The molecule has 0 N–H and O–H groups in total. The highest BCUT2D eigenvalue weighted by molar-refractivity contribution is 7.48. The number of hydrogen-bond donors (Lipinski definition) is 0. The van der Waals surface area contributed by atoms with E-state index < -0.39 is 38.5 Å². The van der Waals surface area contributed by atoms with Gasteiger partial charge < -0.3 is 28.0 Å². The largest absolute Gasteiger partial charge is 0.450 e. The molecule has 3 aromatic carbocycles. The molecule has 5 atom stereocenters. The van der Waals surface area contributed by atoms with E-state index in [9.17, 15) is 4.79 Å². The van der Waals surface area contributed by atoms with Gasteiger partial charge in [0.25, 0.3) is 0 Å². The van der Waals surface area contributed by atoms with E-state index in [0.717, 1.165) is 16.7 Å². The van der Waals surface area contributed by atoms with Crippen LogP contribution in [0, 0.1) is 0 Å². The molecule has 0 spiro atoms. The normalized spacial score (nSPS) is 23.2. The minimum Gasteiger partial charge on any atom is -0.450 e. The fourth-order valence-electron chi connectivity index (χ4n) is 4.16. The fourth-order valence-corrected chi connectivity index (χ4v) is 5.92. The molecule has 7 nitrogen and oxygen atoms in total. The Bertz CT molecular complexity index is 1080. The number of ether oxygens (including phenoxy) is 4. The molecule has 38 heavy (non-hydrogen) atoms. The second kappa shape index (κ2) is 15.1.